The van der Waals surface area contributed by atoms with Crippen molar-refractivity contribution in [3.63, 3.8) is 0 Å². The second-order valence-corrected chi connectivity index (χ2v) is 7.73. The van der Waals surface area contributed by atoms with Gasteiger partial charge in [0, 0.05) is 25.3 Å². The maximum absolute atomic E-state index is 11.0. The number of hydrogen-bond acceptors (Lipinski definition) is 3. The monoisotopic (exact) mass is 353 g/mol. The van der Waals surface area contributed by atoms with E-state index in [2.05, 4.69) is 14.5 Å². The Morgan fingerprint density at radius 2 is 1.88 bits per heavy atom. The Hall–Kier alpha value is -2.14. The van der Waals surface area contributed by atoms with Gasteiger partial charge in [-0.15, -0.1) is 0 Å². The second-order valence-electron chi connectivity index (χ2n) is 7.73. The molecule has 2 aromatic rings. The third-order valence-corrected chi connectivity index (χ3v) is 5.98. The number of aromatic nitrogens is 2. The van der Waals surface area contributed by atoms with E-state index in [-0.39, 0.29) is 0 Å². The van der Waals surface area contributed by atoms with E-state index in [1.54, 1.807) is 12.1 Å². The Labute approximate surface area is 154 Å². The Balaban J connectivity index is 1.42. The fraction of sp³-hybridized carbons (Fsp3) is 0.524. The van der Waals surface area contributed by atoms with Gasteiger partial charge in [-0.1, -0.05) is 25.0 Å². The van der Waals surface area contributed by atoms with Crippen LogP contribution in [-0.4, -0.2) is 38.6 Å². The van der Waals surface area contributed by atoms with Gasteiger partial charge < -0.3 is 9.67 Å². The average Bonchev–Trinajstić information content (AvgIpc) is 3.33. The molecule has 4 rings (SSSR count). The zero-order valence-electron chi connectivity index (χ0n) is 15.2. The first kappa shape index (κ1) is 17.3. The molecule has 2 aliphatic rings. The average molecular weight is 353 g/mol. The van der Waals surface area contributed by atoms with Gasteiger partial charge in [0.25, 0.3) is 0 Å². The lowest BCUT2D eigenvalue weighted by Crippen LogP contribution is -2.34. The summed E-state index contributed by atoms with van der Waals surface area (Å²) in [6.07, 6.45) is 11.6. The molecule has 1 aromatic carbocycles. The summed E-state index contributed by atoms with van der Waals surface area (Å²) in [7, 11) is 0. The Bertz CT molecular complexity index is 747. The lowest BCUT2D eigenvalue weighted by Gasteiger charge is -2.33. The zero-order valence-corrected chi connectivity index (χ0v) is 15.2. The molecule has 1 saturated heterocycles. The zero-order chi connectivity index (χ0) is 17.9. The van der Waals surface area contributed by atoms with Crippen molar-refractivity contribution in [1.82, 2.24) is 14.5 Å². The number of imidazole rings is 1. The molecular weight excluding hydrogens is 326 g/mol. The summed E-state index contributed by atoms with van der Waals surface area (Å²) < 4.78 is 2.40. The van der Waals surface area contributed by atoms with E-state index in [0.29, 0.717) is 17.5 Å². The maximum atomic E-state index is 11.0. The third-order valence-electron chi connectivity index (χ3n) is 5.98. The number of carboxylic acids is 1. The lowest BCUT2D eigenvalue weighted by atomic mass is 9.90. The number of likely N-dealkylation sites (tertiary alicyclic amines) is 1. The molecule has 0 bridgehead atoms. The fourth-order valence-electron chi connectivity index (χ4n) is 4.56. The molecule has 1 N–H and O–H groups in total. The van der Waals surface area contributed by atoms with Gasteiger partial charge in [0.1, 0.15) is 0 Å². The van der Waals surface area contributed by atoms with E-state index in [1.165, 1.54) is 49.8 Å². The van der Waals surface area contributed by atoms with Gasteiger partial charge in [0.05, 0.1) is 17.6 Å². The summed E-state index contributed by atoms with van der Waals surface area (Å²) in [6.45, 7) is 3.11. The van der Waals surface area contributed by atoms with Crippen LogP contribution < -0.4 is 0 Å². The molecule has 1 aliphatic heterocycles. The molecule has 0 radical (unpaired) electrons. The van der Waals surface area contributed by atoms with Crippen LogP contribution in [0.15, 0.2) is 36.8 Å². The minimum Gasteiger partial charge on any atom is -0.478 e. The van der Waals surface area contributed by atoms with Crippen molar-refractivity contribution < 1.29 is 9.90 Å². The van der Waals surface area contributed by atoms with Crippen molar-refractivity contribution in [2.24, 2.45) is 0 Å². The molecule has 2 fully saturated rings. The van der Waals surface area contributed by atoms with Crippen LogP contribution in [0, 0.1) is 0 Å². The Morgan fingerprint density at radius 3 is 2.62 bits per heavy atom. The molecular formula is C21H27N3O2. The number of hydrogen-bond donors (Lipinski definition) is 1. The van der Waals surface area contributed by atoms with Gasteiger partial charge in [-0.3, -0.25) is 4.90 Å². The number of nitrogens with zero attached hydrogens (tertiary/aromatic N) is 3. The standard InChI is InChI=1S/C21H27N3O2/c25-21(26)17-9-7-16(8-10-17)18-4-3-11-23(13-18)14-20-12-22-15-24(20)19-5-1-2-6-19/h7-10,12,15,18-19H,1-6,11,13-14H2,(H,25,26). The number of piperidine rings is 1. The maximum Gasteiger partial charge on any atom is 0.335 e. The lowest BCUT2D eigenvalue weighted by molar-refractivity contribution is 0.0697. The van der Waals surface area contributed by atoms with Crippen LogP contribution in [-0.2, 0) is 6.54 Å². The Morgan fingerprint density at radius 1 is 1.12 bits per heavy atom. The predicted molar refractivity (Wildman–Crippen MR) is 100 cm³/mol. The minimum atomic E-state index is -0.859. The van der Waals surface area contributed by atoms with Crippen LogP contribution in [0.1, 0.15) is 72.1 Å². The topological polar surface area (TPSA) is 58.4 Å². The molecule has 1 atom stereocenters. The van der Waals surface area contributed by atoms with Crippen molar-refractivity contribution in [2.45, 2.75) is 57.0 Å². The van der Waals surface area contributed by atoms with E-state index >= 15 is 0 Å². The van der Waals surface area contributed by atoms with Gasteiger partial charge in [-0.2, -0.15) is 0 Å². The minimum absolute atomic E-state index is 0.363. The smallest absolute Gasteiger partial charge is 0.335 e. The van der Waals surface area contributed by atoms with Crippen molar-refractivity contribution >= 4 is 5.97 Å². The predicted octanol–water partition coefficient (Wildman–Crippen LogP) is 4.08. The summed E-state index contributed by atoms with van der Waals surface area (Å²) in [5, 5.41) is 9.07. The molecule has 2 heterocycles. The van der Waals surface area contributed by atoms with Crippen LogP contribution in [0.2, 0.25) is 0 Å². The van der Waals surface area contributed by atoms with E-state index in [9.17, 15) is 4.79 Å². The number of carboxylic acid groups (broad SMARTS) is 1. The van der Waals surface area contributed by atoms with Crippen molar-refractivity contribution in [1.29, 1.82) is 0 Å². The van der Waals surface area contributed by atoms with Crippen LogP contribution in [0.4, 0.5) is 0 Å². The van der Waals surface area contributed by atoms with Gasteiger partial charge >= 0.3 is 5.97 Å². The summed E-state index contributed by atoms with van der Waals surface area (Å²) in [5.41, 5.74) is 2.95. The highest BCUT2D eigenvalue weighted by Crippen LogP contribution is 2.32. The van der Waals surface area contributed by atoms with Crippen LogP contribution in [0.5, 0.6) is 0 Å². The molecule has 26 heavy (non-hydrogen) atoms. The molecule has 5 nitrogen and oxygen atoms in total. The van der Waals surface area contributed by atoms with E-state index in [4.69, 9.17) is 5.11 Å². The van der Waals surface area contributed by atoms with Gasteiger partial charge in [0.15, 0.2) is 0 Å². The Kier molecular flexibility index (Phi) is 5.07. The number of aromatic carboxylic acids is 1. The number of rotatable bonds is 5. The molecule has 1 unspecified atom stereocenters. The summed E-state index contributed by atoms with van der Waals surface area (Å²) in [6, 6.07) is 8.06. The molecule has 0 amide bonds. The van der Waals surface area contributed by atoms with Crippen molar-refractivity contribution in [3.05, 3.63) is 53.6 Å². The highest BCUT2D eigenvalue weighted by atomic mass is 16.4. The number of carbonyl (C=O) groups is 1. The molecule has 1 aromatic heterocycles. The highest BCUT2D eigenvalue weighted by molar-refractivity contribution is 5.87. The van der Waals surface area contributed by atoms with Gasteiger partial charge in [-0.25, -0.2) is 9.78 Å². The van der Waals surface area contributed by atoms with E-state index in [1.807, 2.05) is 24.7 Å². The normalized spacial score (nSPS) is 21.9. The quantitative estimate of drug-likeness (QED) is 0.880. The van der Waals surface area contributed by atoms with E-state index < -0.39 is 5.97 Å². The fourth-order valence-corrected chi connectivity index (χ4v) is 4.56. The summed E-state index contributed by atoms with van der Waals surface area (Å²) in [4.78, 5) is 18.0. The van der Waals surface area contributed by atoms with Crippen molar-refractivity contribution in [2.75, 3.05) is 13.1 Å². The first-order valence-electron chi connectivity index (χ1n) is 9.77. The molecule has 0 spiro atoms. The first-order chi connectivity index (χ1) is 12.7. The van der Waals surface area contributed by atoms with Gasteiger partial charge in [-0.05, 0) is 55.8 Å². The van der Waals surface area contributed by atoms with Crippen LogP contribution in [0.25, 0.3) is 0 Å². The molecule has 1 aliphatic carbocycles. The van der Waals surface area contributed by atoms with Crippen LogP contribution in [0.3, 0.4) is 0 Å². The second kappa shape index (κ2) is 7.62. The molecule has 5 heteroatoms. The van der Waals surface area contributed by atoms with Crippen LogP contribution >= 0.6 is 0 Å². The SMILES string of the molecule is O=C(O)c1ccc(C2CCCN(Cc3cncn3C3CCCC3)C2)cc1. The number of benzene rings is 1. The summed E-state index contributed by atoms with van der Waals surface area (Å²) >= 11 is 0. The molecule has 138 valence electrons. The summed E-state index contributed by atoms with van der Waals surface area (Å²) in [5.74, 6) is -0.378. The van der Waals surface area contributed by atoms with E-state index in [0.717, 1.165) is 19.6 Å². The van der Waals surface area contributed by atoms with Crippen molar-refractivity contribution in [3.8, 4) is 0 Å². The molecule has 1 saturated carbocycles. The highest BCUT2D eigenvalue weighted by Gasteiger charge is 2.24. The first-order valence-corrected chi connectivity index (χ1v) is 9.77. The van der Waals surface area contributed by atoms with Gasteiger partial charge in [0.2, 0.25) is 0 Å². The third kappa shape index (κ3) is 3.68. The largest absolute Gasteiger partial charge is 0.478 e.